The Labute approximate surface area is 185 Å². The number of thiophene rings is 1. The lowest BCUT2D eigenvalue weighted by Crippen LogP contribution is -2.28. The molecule has 1 aromatic heterocycles. The number of fused-ring (bicyclic) bond motifs is 1. The maximum Gasteiger partial charge on any atom is 0.119 e. The zero-order valence-corrected chi connectivity index (χ0v) is 18.9. The van der Waals surface area contributed by atoms with E-state index in [0.717, 1.165) is 30.4 Å². The van der Waals surface area contributed by atoms with Crippen LogP contribution in [0.4, 0.5) is 0 Å². The highest BCUT2D eigenvalue weighted by Crippen LogP contribution is 2.38. The average molecular weight is 445 g/mol. The maximum absolute atomic E-state index is 6.17. The minimum atomic E-state index is 0.463. The quantitative estimate of drug-likeness (QED) is 0.433. The van der Waals surface area contributed by atoms with Crippen molar-refractivity contribution < 1.29 is 4.74 Å². The van der Waals surface area contributed by atoms with Crippen molar-refractivity contribution in [3.05, 3.63) is 58.6 Å². The molecule has 29 heavy (non-hydrogen) atoms. The molecule has 152 valence electrons. The van der Waals surface area contributed by atoms with Crippen LogP contribution in [0.25, 0.3) is 10.1 Å². The first kappa shape index (κ1) is 19.7. The first-order valence-corrected chi connectivity index (χ1v) is 12.2. The molecular weight excluding hydrogens is 420 g/mol. The molecule has 3 aromatic rings. The fourth-order valence-electron chi connectivity index (χ4n) is 3.79. The number of rotatable bonds is 7. The second-order valence-electron chi connectivity index (χ2n) is 8.06. The molecule has 3 nitrogen and oxygen atoms in total. The molecule has 2 fully saturated rings. The van der Waals surface area contributed by atoms with Crippen molar-refractivity contribution in [2.75, 3.05) is 13.1 Å². The van der Waals surface area contributed by atoms with Crippen LogP contribution < -0.4 is 9.46 Å². The van der Waals surface area contributed by atoms with Crippen LogP contribution in [0.3, 0.4) is 0 Å². The Morgan fingerprint density at radius 1 is 1.17 bits per heavy atom. The van der Waals surface area contributed by atoms with Crippen LogP contribution in [0.1, 0.15) is 30.4 Å². The van der Waals surface area contributed by atoms with Gasteiger partial charge in [0, 0.05) is 35.4 Å². The van der Waals surface area contributed by atoms with Gasteiger partial charge >= 0.3 is 0 Å². The summed E-state index contributed by atoms with van der Waals surface area (Å²) in [5.41, 5.74) is 2.69. The Hall–Kier alpha value is -1.24. The lowest BCUT2D eigenvalue weighted by Gasteiger charge is -2.17. The molecule has 2 heterocycles. The molecule has 1 aliphatic heterocycles. The Morgan fingerprint density at radius 3 is 2.79 bits per heavy atom. The molecule has 0 amide bonds. The van der Waals surface area contributed by atoms with Crippen molar-refractivity contribution >= 4 is 45.0 Å². The Bertz CT molecular complexity index is 1000. The van der Waals surface area contributed by atoms with E-state index < -0.39 is 0 Å². The van der Waals surface area contributed by atoms with Gasteiger partial charge in [0.25, 0.3) is 0 Å². The van der Waals surface area contributed by atoms with Gasteiger partial charge in [0.1, 0.15) is 5.75 Å². The van der Waals surface area contributed by atoms with Gasteiger partial charge in [-0.2, -0.15) is 0 Å². The maximum atomic E-state index is 6.17. The number of likely N-dealkylation sites (tertiary alicyclic amines) is 1. The van der Waals surface area contributed by atoms with Gasteiger partial charge in [0.05, 0.1) is 10.3 Å². The van der Waals surface area contributed by atoms with E-state index >= 15 is 0 Å². The fraction of sp³-hybridized carbons (Fsp3) is 0.391. The normalized spacial score (nSPS) is 19.9. The van der Waals surface area contributed by atoms with Crippen molar-refractivity contribution in [2.24, 2.45) is 0 Å². The zero-order chi connectivity index (χ0) is 19.8. The third-order valence-corrected chi connectivity index (χ3v) is 8.35. The first-order chi connectivity index (χ1) is 14.1. The molecular formula is C23H25ClN2OS2. The molecule has 2 aliphatic rings. The Morgan fingerprint density at radius 2 is 2.00 bits per heavy atom. The lowest BCUT2D eigenvalue weighted by atomic mass is 10.2. The van der Waals surface area contributed by atoms with E-state index in [1.807, 2.05) is 17.4 Å². The molecule has 1 N–H and O–H groups in total. The second kappa shape index (κ2) is 8.48. The molecule has 0 bridgehead atoms. The van der Waals surface area contributed by atoms with E-state index in [9.17, 15) is 0 Å². The summed E-state index contributed by atoms with van der Waals surface area (Å²) in [5, 5.41) is 2.08. The summed E-state index contributed by atoms with van der Waals surface area (Å²) in [4.78, 5) is 2.53. The van der Waals surface area contributed by atoms with Gasteiger partial charge in [-0.3, -0.25) is 9.62 Å². The van der Waals surface area contributed by atoms with Crippen LogP contribution in [0, 0.1) is 6.92 Å². The largest absolute Gasteiger partial charge is 0.490 e. The minimum absolute atomic E-state index is 0.463. The number of nitrogens with one attached hydrogen (secondary N) is 1. The predicted molar refractivity (Wildman–Crippen MR) is 124 cm³/mol. The fourth-order valence-corrected chi connectivity index (χ4v) is 6.19. The smallest absolute Gasteiger partial charge is 0.119 e. The number of halogens is 1. The van der Waals surface area contributed by atoms with Crippen molar-refractivity contribution in [3.63, 3.8) is 0 Å². The molecule has 1 saturated heterocycles. The third kappa shape index (κ3) is 4.75. The predicted octanol–water partition coefficient (Wildman–Crippen LogP) is 6.28. The van der Waals surface area contributed by atoms with Crippen molar-refractivity contribution in [1.82, 2.24) is 9.62 Å². The molecule has 1 atom stereocenters. The van der Waals surface area contributed by atoms with E-state index in [1.54, 1.807) is 11.9 Å². The summed E-state index contributed by atoms with van der Waals surface area (Å²) in [5.74, 6) is 1.01. The number of hydrogen-bond donors (Lipinski definition) is 1. The van der Waals surface area contributed by atoms with Gasteiger partial charge in [0.15, 0.2) is 0 Å². The highest BCUT2D eigenvalue weighted by atomic mass is 35.5. The molecule has 6 heteroatoms. The Kier molecular flexibility index (Phi) is 5.76. The summed E-state index contributed by atoms with van der Waals surface area (Å²) in [6, 6.07) is 15.3. The molecule has 1 saturated carbocycles. The first-order valence-electron chi connectivity index (χ1n) is 10.2. The van der Waals surface area contributed by atoms with Gasteiger partial charge in [-0.15, -0.1) is 11.3 Å². The average Bonchev–Trinajstić information content (AvgIpc) is 3.34. The molecule has 1 unspecified atom stereocenters. The summed E-state index contributed by atoms with van der Waals surface area (Å²) in [7, 11) is 0. The number of aryl methyl sites for hydroxylation is 1. The number of hydrogen-bond acceptors (Lipinski definition) is 5. The monoisotopic (exact) mass is 444 g/mol. The highest BCUT2D eigenvalue weighted by molar-refractivity contribution is 7.99. The molecule has 5 rings (SSSR count). The van der Waals surface area contributed by atoms with Crippen molar-refractivity contribution in [1.29, 1.82) is 0 Å². The Balaban J connectivity index is 1.14. The number of ether oxygens (including phenoxy) is 1. The van der Waals surface area contributed by atoms with Crippen LogP contribution in [-0.4, -0.2) is 30.1 Å². The van der Waals surface area contributed by atoms with E-state index in [4.69, 9.17) is 16.3 Å². The summed E-state index contributed by atoms with van der Waals surface area (Å²) >= 11 is 9.79. The van der Waals surface area contributed by atoms with Gasteiger partial charge in [0.2, 0.25) is 0 Å². The standard InChI is InChI=1S/C23H25ClN2OS2/c1-15-21-12-17(24)4-9-22(21)28-23(15)29-25-18-10-11-26(14-18)13-16-2-5-19(6-3-16)27-20-7-8-20/h2-6,9,12,18,20,25H,7-8,10-11,13-14H2,1H3. The van der Waals surface area contributed by atoms with E-state index in [1.165, 1.54) is 44.7 Å². The highest BCUT2D eigenvalue weighted by Gasteiger charge is 2.24. The van der Waals surface area contributed by atoms with Crippen molar-refractivity contribution in [3.8, 4) is 5.75 Å². The SMILES string of the molecule is Cc1c(SNC2CCN(Cc3ccc(OC4CC4)cc3)C2)sc2ccc(Cl)cc12. The van der Waals surface area contributed by atoms with E-state index in [2.05, 4.69) is 52.9 Å². The van der Waals surface area contributed by atoms with Crippen LogP contribution >= 0.6 is 34.9 Å². The molecule has 0 spiro atoms. The van der Waals surface area contributed by atoms with E-state index in [0.29, 0.717) is 12.1 Å². The molecule has 2 aromatic carbocycles. The second-order valence-corrected chi connectivity index (χ2v) is 10.7. The van der Waals surface area contributed by atoms with Gasteiger partial charge < -0.3 is 4.74 Å². The minimum Gasteiger partial charge on any atom is -0.490 e. The van der Waals surface area contributed by atoms with Gasteiger partial charge in [-0.1, -0.05) is 23.7 Å². The number of nitrogens with zero attached hydrogens (tertiary/aromatic N) is 1. The summed E-state index contributed by atoms with van der Waals surface area (Å²) in [6.07, 6.45) is 4.06. The third-order valence-electron chi connectivity index (χ3n) is 5.60. The zero-order valence-electron chi connectivity index (χ0n) is 16.5. The van der Waals surface area contributed by atoms with Crippen LogP contribution in [0.2, 0.25) is 5.02 Å². The van der Waals surface area contributed by atoms with Gasteiger partial charge in [-0.05, 0) is 85.0 Å². The molecule has 0 radical (unpaired) electrons. The molecule has 1 aliphatic carbocycles. The summed E-state index contributed by atoms with van der Waals surface area (Å²) < 4.78 is 12.2. The van der Waals surface area contributed by atoms with Gasteiger partial charge in [-0.25, -0.2) is 0 Å². The van der Waals surface area contributed by atoms with Crippen LogP contribution in [0.15, 0.2) is 46.7 Å². The van der Waals surface area contributed by atoms with Crippen molar-refractivity contribution in [2.45, 2.75) is 49.1 Å². The lowest BCUT2D eigenvalue weighted by molar-refractivity contribution is 0.302. The number of benzene rings is 2. The van der Waals surface area contributed by atoms with Crippen LogP contribution in [-0.2, 0) is 6.54 Å². The topological polar surface area (TPSA) is 24.5 Å². The van der Waals surface area contributed by atoms with E-state index in [-0.39, 0.29) is 0 Å². The van der Waals surface area contributed by atoms with Crippen LogP contribution in [0.5, 0.6) is 5.75 Å². The summed E-state index contributed by atoms with van der Waals surface area (Å²) in [6.45, 7) is 5.42.